The van der Waals surface area contributed by atoms with Crippen LogP contribution < -0.4 is 15.8 Å². The van der Waals surface area contributed by atoms with Crippen LogP contribution in [0.3, 0.4) is 0 Å². The minimum absolute atomic E-state index is 0.0293. The Bertz CT molecular complexity index is 1440. The smallest absolute Gasteiger partial charge is 0.261 e. The van der Waals surface area contributed by atoms with E-state index in [0.717, 1.165) is 17.2 Å². The molecule has 36 heavy (non-hydrogen) atoms. The normalized spacial score (nSPS) is 13.7. The Balaban J connectivity index is 1.18. The van der Waals surface area contributed by atoms with Gasteiger partial charge in [0.2, 0.25) is 11.9 Å². The van der Waals surface area contributed by atoms with Gasteiger partial charge in [0.15, 0.2) is 0 Å². The van der Waals surface area contributed by atoms with Gasteiger partial charge in [-0.1, -0.05) is 29.8 Å². The number of benzene rings is 2. The van der Waals surface area contributed by atoms with Crippen molar-refractivity contribution in [1.82, 2.24) is 24.4 Å². The third-order valence-electron chi connectivity index (χ3n) is 6.38. The van der Waals surface area contributed by atoms with Crippen LogP contribution in [0.1, 0.15) is 17.7 Å². The zero-order valence-electron chi connectivity index (χ0n) is 20.5. The Morgan fingerprint density at radius 2 is 1.72 bits per heavy atom. The van der Waals surface area contributed by atoms with Crippen LogP contribution in [0.4, 0.5) is 17.5 Å². The molecule has 1 fully saturated rings. The molecule has 1 aliphatic rings. The lowest BCUT2D eigenvalue weighted by atomic mass is 10.2. The van der Waals surface area contributed by atoms with Gasteiger partial charge in [-0.25, -0.2) is 9.97 Å². The Hall–Kier alpha value is -4.27. The minimum Gasteiger partial charge on any atom is -0.340 e. The summed E-state index contributed by atoms with van der Waals surface area (Å²) in [6, 6.07) is 17.3. The quantitative estimate of drug-likeness (QED) is 0.450. The predicted octanol–water partition coefficient (Wildman–Crippen LogP) is 3.29. The lowest BCUT2D eigenvalue weighted by molar-refractivity contribution is -0.131. The summed E-state index contributed by atoms with van der Waals surface area (Å²) in [6.45, 7) is 6.79. The van der Waals surface area contributed by atoms with E-state index in [1.165, 1.54) is 16.5 Å². The molecule has 4 aromatic rings. The van der Waals surface area contributed by atoms with Gasteiger partial charge in [-0.15, -0.1) is 0 Å². The first-order valence-electron chi connectivity index (χ1n) is 12.1. The number of rotatable bonds is 6. The van der Waals surface area contributed by atoms with Crippen molar-refractivity contribution in [2.45, 2.75) is 26.8 Å². The molecular formula is C27H29N7O2. The Labute approximate surface area is 209 Å². The molecule has 0 unspecified atom stereocenters. The molecular weight excluding hydrogens is 454 g/mol. The summed E-state index contributed by atoms with van der Waals surface area (Å²) in [5.41, 5.74) is 3.60. The maximum absolute atomic E-state index is 12.9. The molecule has 1 amide bonds. The summed E-state index contributed by atoms with van der Waals surface area (Å²) in [4.78, 5) is 43.1. The van der Waals surface area contributed by atoms with Crippen molar-refractivity contribution in [3.8, 4) is 0 Å². The van der Waals surface area contributed by atoms with Crippen LogP contribution in [0.15, 0.2) is 65.7 Å². The highest BCUT2D eigenvalue weighted by molar-refractivity contribution is 5.78. The summed E-state index contributed by atoms with van der Waals surface area (Å²) >= 11 is 0. The Morgan fingerprint density at radius 1 is 0.972 bits per heavy atom. The van der Waals surface area contributed by atoms with Crippen LogP contribution in [-0.2, 0) is 11.3 Å². The summed E-state index contributed by atoms with van der Waals surface area (Å²) in [7, 11) is 0. The SMILES string of the molecule is Cc1ccc(Nc2cc(C)nc(N3CCN(C(=O)CCn4cnc5ccccc5c4=O)CC3)n2)cc1. The van der Waals surface area contributed by atoms with Crippen molar-refractivity contribution in [3.05, 3.63) is 82.5 Å². The van der Waals surface area contributed by atoms with Gasteiger partial charge in [-0.05, 0) is 38.1 Å². The first-order chi connectivity index (χ1) is 17.5. The molecule has 1 N–H and O–H groups in total. The van der Waals surface area contributed by atoms with E-state index < -0.39 is 0 Å². The first kappa shape index (κ1) is 23.5. The van der Waals surface area contributed by atoms with E-state index >= 15 is 0 Å². The number of aromatic nitrogens is 4. The van der Waals surface area contributed by atoms with E-state index in [4.69, 9.17) is 4.98 Å². The maximum atomic E-state index is 12.9. The minimum atomic E-state index is -0.120. The second-order valence-corrected chi connectivity index (χ2v) is 9.06. The van der Waals surface area contributed by atoms with Gasteiger partial charge < -0.3 is 15.1 Å². The molecule has 0 radical (unpaired) electrons. The Kier molecular flexibility index (Phi) is 6.62. The largest absolute Gasteiger partial charge is 0.340 e. The molecule has 3 heterocycles. The topological polar surface area (TPSA) is 96.3 Å². The van der Waals surface area contributed by atoms with Crippen LogP contribution in [0.25, 0.3) is 10.9 Å². The van der Waals surface area contributed by atoms with Crippen molar-refractivity contribution in [1.29, 1.82) is 0 Å². The number of carbonyl (C=O) groups is 1. The number of nitrogens with zero attached hydrogens (tertiary/aromatic N) is 6. The van der Waals surface area contributed by atoms with Crippen LogP contribution in [0, 0.1) is 13.8 Å². The number of hydrogen-bond donors (Lipinski definition) is 1. The lowest BCUT2D eigenvalue weighted by Crippen LogP contribution is -2.49. The van der Waals surface area contributed by atoms with Crippen molar-refractivity contribution >= 4 is 34.3 Å². The van der Waals surface area contributed by atoms with E-state index in [9.17, 15) is 9.59 Å². The number of para-hydroxylation sites is 1. The monoisotopic (exact) mass is 483 g/mol. The number of amides is 1. The van der Waals surface area contributed by atoms with E-state index in [2.05, 4.69) is 39.2 Å². The molecule has 1 aliphatic heterocycles. The zero-order chi connectivity index (χ0) is 25.1. The van der Waals surface area contributed by atoms with Gasteiger partial charge >= 0.3 is 0 Å². The maximum Gasteiger partial charge on any atom is 0.261 e. The average molecular weight is 484 g/mol. The fourth-order valence-corrected chi connectivity index (χ4v) is 4.34. The van der Waals surface area contributed by atoms with Gasteiger partial charge in [-0.3, -0.25) is 14.2 Å². The molecule has 2 aromatic carbocycles. The van der Waals surface area contributed by atoms with Crippen molar-refractivity contribution in [2.24, 2.45) is 0 Å². The van der Waals surface area contributed by atoms with E-state index in [-0.39, 0.29) is 17.9 Å². The lowest BCUT2D eigenvalue weighted by Gasteiger charge is -2.35. The molecule has 0 spiro atoms. The van der Waals surface area contributed by atoms with Gasteiger partial charge in [-0.2, -0.15) is 4.98 Å². The number of fused-ring (bicyclic) bond motifs is 1. The third kappa shape index (κ3) is 5.19. The molecule has 9 nitrogen and oxygen atoms in total. The second kappa shape index (κ2) is 10.2. The highest BCUT2D eigenvalue weighted by Gasteiger charge is 2.23. The molecule has 0 saturated carbocycles. The fraction of sp³-hybridized carbons (Fsp3) is 0.296. The molecule has 5 rings (SSSR count). The number of anilines is 3. The zero-order valence-corrected chi connectivity index (χ0v) is 20.5. The summed E-state index contributed by atoms with van der Waals surface area (Å²) in [5, 5.41) is 3.92. The molecule has 0 aliphatic carbocycles. The average Bonchev–Trinajstić information content (AvgIpc) is 2.89. The van der Waals surface area contributed by atoms with Gasteiger partial charge in [0.1, 0.15) is 5.82 Å². The van der Waals surface area contributed by atoms with Crippen molar-refractivity contribution in [3.63, 3.8) is 0 Å². The van der Waals surface area contributed by atoms with Crippen LogP contribution in [0.5, 0.6) is 0 Å². The molecule has 0 bridgehead atoms. The first-order valence-corrected chi connectivity index (χ1v) is 12.1. The van der Waals surface area contributed by atoms with E-state index in [1.54, 1.807) is 6.07 Å². The predicted molar refractivity (Wildman–Crippen MR) is 141 cm³/mol. The highest BCUT2D eigenvalue weighted by atomic mass is 16.2. The molecule has 9 heteroatoms. The molecule has 184 valence electrons. The van der Waals surface area contributed by atoms with Crippen LogP contribution in [0.2, 0.25) is 0 Å². The number of hydrogen-bond acceptors (Lipinski definition) is 7. The van der Waals surface area contributed by atoms with Crippen LogP contribution >= 0.6 is 0 Å². The third-order valence-corrected chi connectivity index (χ3v) is 6.38. The Morgan fingerprint density at radius 3 is 2.50 bits per heavy atom. The second-order valence-electron chi connectivity index (χ2n) is 9.06. The number of carbonyl (C=O) groups excluding carboxylic acids is 1. The van der Waals surface area contributed by atoms with Gasteiger partial charge in [0, 0.05) is 56.6 Å². The summed E-state index contributed by atoms with van der Waals surface area (Å²) < 4.78 is 1.51. The van der Waals surface area contributed by atoms with Crippen molar-refractivity contribution in [2.75, 3.05) is 36.4 Å². The molecule has 2 aromatic heterocycles. The number of aryl methyl sites for hydroxylation is 3. The standard InChI is InChI=1S/C27H29N7O2/c1-19-7-9-21(10-8-19)30-24-17-20(2)29-27(31-24)33-15-13-32(14-16-33)25(35)11-12-34-18-28-23-6-4-3-5-22(23)26(34)36/h3-10,17-18H,11-16H2,1-2H3,(H,29,30,31). The van der Waals surface area contributed by atoms with Gasteiger partial charge in [0.05, 0.1) is 17.2 Å². The summed E-state index contributed by atoms with van der Waals surface area (Å²) in [5.74, 6) is 1.43. The van der Waals surface area contributed by atoms with E-state index in [1.807, 2.05) is 48.2 Å². The number of nitrogens with one attached hydrogen (secondary N) is 1. The van der Waals surface area contributed by atoms with E-state index in [0.29, 0.717) is 49.6 Å². The molecule has 0 atom stereocenters. The number of piperazine rings is 1. The van der Waals surface area contributed by atoms with Crippen molar-refractivity contribution < 1.29 is 4.79 Å². The highest BCUT2D eigenvalue weighted by Crippen LogP contribution is 2.20. The van der Waals surface area contributed by atoms with Crippen LogP contribution in [-0.4, -0.2) is 56.5 Å². The fourth-order valence-electron chi connectivity index (χ4n) is 4.34. The van der Waals surface area contributed by atoms with Gasteiger partial charge in [0.25, 0.3) is 5.56 Å². The summed E-state index contributed by atoms with van der Waals surface area (Å²) in [6.07, 6.45) is 1.78. The molecule has 1 saturated heterocycles.